The average molecular weight is 593 g/mol. The molecule has 1 heterocycles. The maximum atomic E-state index is 14.1. The molecule has 1 N–H and O–H groups in total. The lowest BCUT2D eigenvalue weighted by Crippen LogP contribution is -2.16. The molecule has 0 unspecified atom stereocenters. The number of phenolic OH excluding ortho intramolecular Hbond substituents is 1. The molecule has 3 aromatic carbocycles. The summed E-state index contributed by atoms with van der Waals surface area (Å²) in [6, 6.07) is 14.9. The van der Waals surface area contributed by atoms with E-state index in [1.807, 2.05) is 92.6 Å². The molecule has 0 amide bonds. The zero-order valence-corrected chi connectivity index (χ0v) is 26.5. The average Bonchev–Trinajstić information content (AvgIpc) is 2.88. The van der Waals surface area contributed by atoms with Gasteiger partial charge in [0.15, 0.2) is 22.8 Å². The monoisotopic (exact) mass is 592 g/mol. The molecule has 0 fully saturated rings. The van der Waals surface area contributed by atoms with Crippen LogP contribution in [-0.2, 0) is 0 Å². The van der Waals surface area contributed by atoms with Gasteiger partial charge in [0.1, 0.15) is 16.9 Å². The van der Waals surface area contributed by atoms with Crippen LogP contribution in [0.4, 0.5) is 0 Å². The number of fused-ring (bicyclic) bond motifs is 1. The van der Waals surface area contributed by atoms with Gasteiger partial charge in [-0.3, -0.25) is 4.79 Å². The lowest BCUT2D eigenvalue weighted by Gasteiger charge is -2.20. The highest BCUT2D eigenvalue weighted by Crippen LogP contribution is 2.47. The molecule has 42 heavy (non-hydrogen) atoms. The molecule has 1 aromatic heterocycles. The van der Waals surface area contributed by atoms with Crippen LogP contribution in [0.5, 0.6) is 28.7 Å². The highest BCUT2D eigenvalue weighted by Gasteiger charge is 2.27. The third kappa shape index (κ3) is 7.16. The Bertz CT molecular complexity index is 1600. The van der Waals surface area contributed by atoms with E-state index in [4.69, 9.17) is 23.4 Å². The summed E-state index contributed by atoms with van der Waals surface area (Å²) >= 11 is 1.40. The molecule has 0 saturated carbocycles. The Kier molecular flexibility index (Phi) is 9.67. The van der Waals surface area contributed by atoms with Crippen LogP contribution in [0.2, 0.25) is 0 Å². The lowest BCUT2D eigenvalue weighted by molar-refractivity contribution is 0.199. The SMILES string of the molecule is Cc1ccc(Sc2c(OC(C)C)cc(O)c3c(=O)c(OC(C)C)c(-c4ccc(OC(C)C)c(OC(C)C)c4)oc23)cc1. The van der Waals surface area contributed by atoms with E-state index in [-0.39, 0.29) is 52.6 Å². The molecule has 0 saturated heterocycles. The number of phenols is 1. The van der Waals surface area contributed by atoms with Gasteiger partial charge in [-0.25, -0.2) is 0 Å². The first-order valence-corrected chi connectivity index (χ1v) is 15.1. The van der Waals surface area contributed by atoms with Gasteiger partial charge in [0.2, 0.25) is 11.2 Å². The summed E-state index contributed by atoms with van der Waals surface area (Å²) < 4.78 is 30.8. The fourth-order valence-corrected chi connectivity index (χ4v) is 5.28. The van der Waals surface area contributed by atoms with Crippen LogP contribution in [0.25, 0.3) is 22.3 Å². The van der Waals surface area contributed by atoms with Gasteiger partial charge >= 0.3 is 0 Å². The Morgan fingerprint density at radius 2 is 1.29 bits per heavy atom. The molecule has 8 heteroatoms. The minimum absolute atomic E-state index is 0.00430. The van der Waals surface area contributed by atoms with Crippen molar-refractivity contribution in [2.24, 2.45) is 0 Å². The van der Waals surface area contributed by atoms with Gasteiger partial charge in [-0.2, -0.15) is 0 Å². The molecule has 0 radical (unpaired) electrons. The van der Waals surface area contributed by atoms with E-state index in [2.05, 4.69) is 0 Å². The number of hydrogen-bond acceptors (Lipinski definition) is 8. The first kappa shape index (κ1) is 31.2. The summed E-state index contributed by atoms with van der Waals surface area (Å²) in [6.07, 6.45) is -0.688. The van der Waals surface area contributed by atoms with Crippen LogP contribution in [0.15, 0.2) is 67.5 Å². The van der Waals surface area contributed by atoms with Gasteiger partial charge in [-0.05, 0) is 92.6 Å². The van der Waals surface area contributed by atoms with Gasteiger partial charge in [0.25, 0.3) is 0 Å². The molecular formula is C34H40O7S. The highest BCUT2D eigenvalue weighted by atomic mass is 32.2. The van der Waals surface area contributed by atoms with Crippen LogP contribution in [0.1, 0.15) is 61.0 Å². The fraction of sp³-hybridized carbons (Fsp3) is 0.382. The van der Waals surface area contributed by atoms with Crippen molar-refractivity contribution in [2.45, 2.75) is 96.5 Å². The summed E-state index contributed by atoms with van der Waals surface area (Å²) in [6.45, 7) is 17.2. The first-order chi connectivity index (χ1) is 19.8. The van der Waals surface area contributed by atoms with E-state index in [0.717, 1.165) is 10.5 Å². The summed E-state index contributed by atoms with van der Waals surface area (Å²) in [5, 5.41) is 11.1. The maximum absolute atomic E-state index is 14.1. The summed E-state index contributed by atoms with van der Waals surface area (Å²) in [5.74, 6) is 1.49. The predicted molar refractivity (Wildman–Crippen MR) is 168 cm³/mol. The largest absolute Gasteiger partial charge is 0.507 e. The van der Waals surface area contributed by atoms with E-state index < -0.39 is 5.43 Å². The predicted octanol–water partition coefficient (Wildman–Crippen LogP) is 8.77. The number of rotatable bonds is 11. The van der Waals surface area contributed by atoms with E-state index in [1.54, 1.807) is 12.1 Å². The van der Waals surface area contributed by atoms with Crippen molar-refractivity contribution >= 4 is 22.7 Å². The quantitative estimate of drug-likeness (QED) is 0.185. The number of hydrogen-bond donors (Lipinski definition) is 1. The normalized spacial score (nSPS) is 11.6. The highest BCUT2D eigenvalue weighted by molar-refractivity contribution is 7.99. The number of ether oxygens (including phenoxy) is 4. The maximum Gasteiger partial charge on any atom is 0.239 e. The third-order valence-corrected chi connectivity index (χ3v) is 7.01. The summed E-state index contributed by atoms with van der Waals surface area (Å²) in [5.41, 5.74) is 1.42. The van der Waals surface area contributed by atoms with Crippen molar-refractivity contribution in [1.29, 1.82) is 0 Å². The second kappa shape index (κ2) is 13.0. The standard InChI is InChI=1S/C34H40O7S/c1-18(2)37-26-15-12-23(16-27(26)38-19(3)4)31-33(40-21(7)8)30(36)29-25(35)17-28(39-20(5)6)34(32(29)41-31)42-24-13-10-22(9)11-14-24/h10-21,35H,1-9H3. The van der Waals surface area contributed by atoms with E-state index in [9.17, 15) is 9.90 Å². The number of benzene rings is 3. The topological polar surface area (TPSA) is 87.4 Å². The van der Waals surface area contributed by atoms with Crippen LogP contribution in [0.3, 0.4) is 0 Å². The van der Waals surface area contributed by atoms with E-state index in [0.29, 0.717) is 27.7 Å². The molecule has 4 rings (SSSR count). The molecule has 4 aromatic rings. The number of aromatic hydroxyl groups is 1. The van der Waals surface area contributed by atoms with E-state index in [1.165, 1.54) is 17.8 Å². The van der Waals surface area contributed by atoms with Crippen LogP contribution < -0.4 is 24.4 Å². The minimum atomic E-state index is -0.479. The zero-order chi connectivity index (χ0) is 30.7. The lowest BCUT2D eigenvalue weighted by atomic mass is 10.1. The molecular weight excluding hydrogens is 552 g/mol. The smallest absolute Gasteiger partial charge is 0.239 e. The Hall–Kier alpha value is -3.78. The molecule has 224 valence electrons. The second-order valence-electron chi connectivity index (χ2n) is 11.3. The minimum Gasteiger partial charge on any atom is -0.507 e. The van der Waals surface area contributed by atoms with Crippen LogP contribution in [-0.4, -0.2) is 29.5 Å². The van der Waals surface area contributed by atoms with Gasteiger partial charge in [-0.1, -0.05) is 29.5 Å². The van der Waals surface area contributed by atoms with Crippen molar-refractivity contribution in [3.63, 3.8) is 0 Å². The van der Waals surface area contributed by atoms with Crippen molar-refractivity contribution in [3.05, 3.63) is 64.3 Å². The molecule has 0 aliphatic rings. The third-order valence-electron chi connectivity index (χ3n) is 5.91. The Balaban J connectivity index is 2.05. The first-order valence-electron chi connectivity index (χ1n) is 14.3. The fourth-order valence-electron chi connectivity index (χ4n) is 4.33. The van der Waals surface area contributed by atoms with Crippen LogP contribution >= 0.6 is 11.8 Å². The molecule has 0 bridgehead atoms. The van der Waals surface area contributed by atoms with Crippen molar-refractivity contribution < 1.29 is 28.5 Å². The van der Waals surface area contributed by atoms with Crippen molar-refractivity contribution in [3.8, 4) is 40.1 Å². The molecule has 0 aliphatic carbocycles. The second-order valence-corrected chi connectivity index (χ2v) is 12.3. The van der Waals surface area contributed by atoms with Crippen molar-refractivity contribution in [1.82, 2.24) is 0 Å². The van der Waals surface area contributed by atoms with Gasteiger partial charge in [0, 0.05) is 16.5 Å². The van der Waals surface area contributed by atoms with Gasteiger partial charge < -0.3 is 28.5 Å². The number of aryl methyl sites for hydroxylation is 1. The van der Waals surface area contributed by atoms with Crippen molar-refractivity contribution in [2.75, 3.05) is 0 Å². The molecule has 7 nitrogen and oxygen atoms in total. The molecule has 0 atom stereocenters. The van der Waals surface area contributed by atoms with Gasteiger partial charge in [0.05, 0.1) is 29.3 Å². The Morgan fingerprint density at radius 1 is 0.714 bits per heavy atom. The Morgan fingerprint density at radius 3 is 1.88 bits per heavy atom. The summed E-state index contributed by atoms with van der Waals surface area (Å²) in [7, 11) is 0. The van der Waals surface area contributed by atoms with Crippen LogP contribution in [0, 0.1) is 6.92 Å². The van der Waals surface area contributed by atoms with Gasteiger partial charge in [-0.15, -0.1) is 0 Å². The molecule has 0 aliphatic heterocycles. The van der Waals surface area contributed by atoms with E-state index >= 15 is 0 Å². The molecule has 0 spiro atoms. The zero-order valence-electron chi connectivity index (χ0n) is 25.7. The summed E-state index contributed by atoms with van der Waals surface area (Å²) in [4.78, 5) is 15.6. The Labute approximate surface area is 251 Å².